The fraction of sp³-hybridized carbons (Fsp3) is 0.500. The van der Waals surface area contributed by atoms with Gasteiger partial charge in [-0.15, -0.1) is 0 Å². The molecular formula is C10H14O3. The maximum absolute atomic E-state index is 11.5. The number of furan rings is 1. The lowest BCUT2D eigenvalue weighted by Crippen LogP contribution is -2.01. The quantitative estimate of drug-likeness (QED) is 0.517. The normalized spacial score (nSPS) is 10.3. The van der Waals surface area contributed by atoms with Crippen molar-refractivity contribution in [3.63, 3.8) is 0 Å². The fourth-order valence-electron chi connectivity index (χ4n) is 1.19. The second-order valence-electron chi connectivity index (χ2n) is 2.91. The van der Waals surface area contributed by atoms with Crippen molar-refractivity contribution in [2.24, 2.45) is 0 Å². The van der Waals surface area contributed by atoms with Crippen LogP contribution in [0, 0.1) is 6.92 Å². The van der Waals surface area contributed by atoms with Gasteiger partial charge in [0.2, 0.25) is 0 Å². The van der Waals surface area contributed by atoms with Gasteiger partial charge in [-0.25, -0.2) is 0 Å². The van der Waals surface area contributed by atoms with Crippen molar-refractivity contribution in [3.05, 3.63) is 23.7 Å². The Bertz CT molecular complexity index is 275. The minimum absolute atomic E-state index is 0.128. The van der Waals surface area contributed by atoms with Gasteiger partial charge in [0.15, 0.2) is 5.78 Å². The number of Topliss-reactive ketones (excluding diaryl/α,β-unsaturated/α-hetero) is 1. The maximum atomic E-state index is 11.5. The van der Waals surface area contributed by atoms with Gasteiger partial charge in [0.05, 0.1) is 11.8 Å². The van der Waals surface area contributed by atoms with Crippen LogP contribution >= 0.6 is 0 Å². The molecule has 0 saturated heterocycles. The molecule has 0 atom stereocenters. The Morgan fingerprint density at radius 3 is 2.92 bits per heavy atom. The summed E-state index contributed by atoms with van der Waals surface area (Å²) in [6.45, 7) is 2.42. The van der Waals surface area contributed by atoms with E-state index in [1.165, 1.54) is 0 Å². The van der Waals surface area contributed by atoms with E-state index >= 15 is 0 Å². The average molecular weight is 182 g/mol. The topological polar surface area (TPSA) is 39.4 Å². The second-order valence-corrected chi connectivity index (χ2v) is 2.91. The van der Waals surface area contributed by atoms with Gasteiger partial charge in [-0.1, -0.05) is 0 Å². The average Bonchev–Trinajstić information content (AvgIpc) is 2.52. The van der Waals surface area contributed by atoms with Crippen LogP contribution in [0.15, 0.2) is 16.7 Å². The first-order valence-electron chi connectivity index (χ1n) is 4.32. The molecule has 0 aliphatic heterocycles. The van der Waals surface area contributed by atoms with Gasteiger partial charge in [-0.05, 0) is 19.4 Å². The second kappa shape index (κ2) is 4.82. The molecule has 0 aliphatic rings. The molecule has 0 amide bonds. The predicted octanol–water partition coefficient (Wildman–Crippen LogP) is 2.20. The summed E-state index contributed by atoms with van der Waals surface area (Å²) in [5, 5.41) is 0. The van der Waals surface area contributed by atoms with E-state index in [0.29, 0.717) is 24.4 Å². The Labute approximate surface area is 77.7 Å². The van der Waals surface area contributed by atoms with Crippen molar-refractivity contribution >= 4 is 5.78 Å². The van der Waals surface area contributed by atoms with Gasteiger partial charge in [0.25, 0.3) is 0 Å². The minimum atomic E-state index is 0.128. The molecule has 0 N–H and O–H groups in total. The molecule has 0 bridgehead atoms. The van der Waals surface area contributed by atoms with Crippen molar-refractivity contribution in [1.82, 2.24) is 0 Å². The number of ether oxygens (including phenoxy) is 1. The monoisotopic (exact) mass is 182 g/mol. The molecule has 1 aromatic heterocycles. The van der Waals surface area contributed by atoms with E-state index in [9.17, 15) is 4.79 Å². The Hall–Kier alpha value is -1.09. The highest BCUT2D eigenvalue weighted by Crippen LogP contribution is 2.12. The van der Waals surface area contributed by atoms with E-state index in [1.807, 2.05) is 0 Å². The van der Waals surface area contributed by atoms with Crippen LogP contribution < -0.4 is 0 Å². The number of aryl methyl sites for hydroxylation is 1. The SMILES string of the molecule is COCCCC(=O)c1ccoc1C. The number of hydrogen-bond acceptors (Lipinski definition) is 3. The minimum Gasteiger partial charge on any atom is -0.469 e. The lowest BCUT2D eigenvalue weighted by Gasteiger charge is -1.98. The summed E-state index contributed by atoms with van der Waals surface area (Å²) < 4.78 is 9.90. The Kier molecular flexibility index (Phi) is 3.71. The van der Waals surface area contributed by atoms with Gasteiger partial charge in [0.1, 0.15) is 5.76 Å². The highest BCUT2D eigenvalue weighted by Gasteiger charge is 2.10. The first kappa shape index (κ1) is 9.99. The van der Waals surface area contributed by atoms with Crippen LogP contribution in [0.2, 0.25) is 0 Å². The van der Waals surface area contributed by atoms with Crippen molar-refractivity contribution in [1.29, 1.82) is 0 Å². The predicted molar refractivity (Wildman–Crippen MR) is 48.9 cm³/mol. The molecule has 1 heterocycles. The molecule has 0 aromatic carbocycles. The van der Waals surface area contributed by atoms with Crippen LogP contribution in [0.1, 0.15) is 29.0 Å². The number of ketones is 1. The summed E-state index contributed by atoms with van der Waals surface area (Å²) in [6.07, 6.45) is 2.83. The van der Waals surface area contributed by atoms with Gasteiger partial charge < -0.3 is 9.15 Å². The summed E-state index contributed by atoms with van der Waals surface area (Å²) >= 11 is 0. The molecule has 1 rings (SSSR count). The zero-order valence-electron chi connectivity index (χ0n) is 8.00. The number of methoxy groups -OCH3 is 1. The summed E-state index contributed by atoms with van der Waals surface area (Å²) in [6, 6.07) is 1.71. The van der Waals surface area contributed by atoms with E-state index < -0.39 is 0 Å². The molecule has 0 radical (unpaired) electrons. The highest BCUT2D eigenvalue weighted by atomic mass is 16.5. The third-order valence-electron chi connectivity index (χ3n) is 1.91. The van der Waals surface area contributed by atoms with Crippen LogP contribution in [0.3, 0.4) is 0 Å². The molecule has 72 valence electrons. The van der Waals surface area contributed by atoms with E-state index in [0.717, 1.165) is 6.42 Å². The molecule has 13 heavy (non-hydrogen) atoms. The highest BCUT2D eigenvalue weighted by molar-refractivity contribution is 5.96. The van der Waals surface area contributed by atoms with E-state index in [-0.39, 0.29) is 5.78 Å². The van der Waals surface area contributed by atoms with Gasteiger partial charge in [-0.2, -0.15) is 0 Å². The number of carbonyl (C=O) groups excluding carboxylic acids is 1. The number of rotatable bonds is 5. The van der Waals surface area contributed by atoms with Crippen LogP contribution in [0.25, 0.3) is 0 Å². The third kappa shape index (κ3) is 2.70. The molecule has 0 unspecified atom stereocenters. The van der Waals surface area contributed by atoms with Crippen molar-refractivity contribution in [2.45, 2.75) is 19.8 Å². The molecule has 1 aromatic rings. The van der Waals surface area contributed by atoms with Crippen molar-refractivity contribution < 1.29 is 13.9 Å². The first-order chi connectivity index (χ1) is 6.25. The molecule has 0 spiro atoms. The smallest absolute Gasteiger partial charge is 0.166 e. The van der Waals surface area contributed by atoms with Crippen LogP contribution in [-0.4, -0.2) is 19.5 Å². The number of carbonyl (C=O) groups is 1. The van der Waals surface area contributed by atoms with E-state index in [4.69, 9.17) is 9.15 Å². The lowest BCUT2D eigenvalue weighted by atomic mass is 10.1. The molecule has 0 fully saturated rings. The van der Waals surface area contributed by atoms with Crippen LogP contribution in [0.5, 0.6) is 0 Å². The van der Waals surface area contributed by atoms with Gasteiger partial charge >= 0.3 is 0 Å². The summed E-state index contributed by atoms with van der Waals surface area (Å²) in [4.78, 5) is 11.5. The van der Waals surface area contributed by atoms with Crippen LogP contribution in [0.4, 0.5) is 0 Å². The molecule has 0 saturated carbocycles. The van der Waals surface area contributed by atoms with Crippen LogP contribution in [-0.2, 0) is 4.74 Å². The van der Waals surface area contributed by atoms with E-state index in [2.05, 4.69) is 0 Å². The fourth-order valence-corrected chi connectivity index (χ4v) is 1.19. The molecule has 3 nitrogen and oxygen atoms in total. The van der Waals surface area contributed by atoms with Crippen molar-refractivity contribution in [2.75, 3.05) is 13.7 Å². The molecular weight excluding hydrogens is 168 g/mol. The van der Waals surface area contributed by atoms with Gasteiger partial charge in [0, 0.05) is 20.1 Å². The standard InChI is InChI=1S/C10H14O3/c1-8-9(5-7-13-8)10(11)4-3-6-12-2/h5,7H,3-4,6H2,1-2H3. The zero-order chi connectivity index (χ0) is 9.68. The Morgan fingerprint density at radius 1 is 1.62 bits per heavy atom. The Morgan fingerprint density at radius 2 is 2.38 bits per heavy atom. The third-order valence-corrected chi connectivity index (χ3v) is 1.91. The molecule has 0 aliphatic carbocycles. The summed E-state index contributed by atoms with van der Waals surface area (Å²) in [5.74, 6) is 0.825. The van der Waals surface area contributed by atoms with Crippen molar-refractivity contribution in [3.8, 4) is 0 Å². The lowest BCUT2D eigenvalue weighted by molar-refractivity contribution is 0.0962. The number of hydrogen-bond donors (Lipinski definition) is 0. The largest absolute Gasteiger partial charge is 0.469 e. The summed E-state index contributed by atoms with van der Waals surface area (Å²) in [7, 11) is 1.63. The Balaban J connectivity index is 2.45. The maximum Gasteiger partial charge on any atom is 0.166 e. The van der Waals surface area contributed by atoms with Gasteiger partial charge in [-0.3, -0.25) is 4.79 Å². The molecule has 3 heteroatoms. The van der Waals surface area contributed by atoms with E-state index in [1.54, 1.807) is 26.4 Å². The summed E-state index contributed by atoms with van der Waals surface area (Å²) in [5.41, 5.74) is 0.691. The first-order valence-corrected chi connectivity index (χ1v) is 4.32. The zero-order valence-corrected chi connectivity index (χ0v) is 8.00.